The zero-order valence-electron chi connectivity index (χ0n) is 16.8. The minimum atomic E-state index is -4.56. The van der Waals surface area contributed by atoms with Crippen molar-refractivity contribution >= 4 is 11.8 Å². The van der Waals surface area contributed by atoms with E-state index in [1.807, 2.05) is 36.1 Å². The van der Waals surface area contributed by atoms with E-state index in [4.69, 9.17) is 0 Å². The van der Waals surface area contributed by atoms with Crippen LogP contribution >= 0.6 is 0 Å². The number of benzene rings is 2. The van der Waals surface area contributed by atoms with E-state index in [1.54, 1.807) is 0 Å². The van der Waals surface area contributed by atoms with E-state index < -0.39 is 17.6 Å². The van der Waals surface area contributed by atoms with Crippen molar-refractivity contribution in [1.29, 1.82) is 0 Å². The number of nitrogens with one attached hydrogen (secondary N) is 1. The third kappa shape index (κ3) is 5.40. The van der Waals surface area contributed by atoms with Crippen LogP contribution in [0.25, 0.3) is 0 Å². The minimum Gasteiger partial charge on any atom is -0.352 e. The van der Waals surface area contributed by atoms with Crippen LogP contribution in [0.5, 0.6) is 0 Å². The van der Waals surface area contributed by atoms with Gasteiger partial charge in [0, 0.05) is 25.2 Å². The Bertz CT molecular complexity index is 886. The first-order valence-corrected chi connectivity index (χ1v) is 10.1. The first-order chi connectivity index (χ1) is 14.3. The molecule has 0 spiro atoms. The largest absolute Gasteiger partial charge is 0.417 e. The zero-order valence-corrected chi connectivity index (χ0v) is 16.8. The molecular weight excluding hydrogens is 393 g/mol. The second-order valence-electron chi connectivity index (χ2n) is 7.69. The summed E-state index contributed by atoms with van der Waals surface area (Å²) in [5, 5.41) is 2.60. The highest BCUT2D eigenvalue weighted by molar-refractivity contribution is 5.96. The van der Waals surface area contributed by atoms with E-state index in [0.29, 0.717) is 37.5 Å². The van der Waals surface area contributed by atoms with Gasteiger partial charge < -0.3 is 10.2 Å². The number of alkyl halides is 3. The Morgan fingerprint density at radius 2 is 1.67 bits per heavy atom. The van der Waals surface area contributed by atoms with Gasteiger partial charge in [0.05, 0.1) is 11.1 Å². The van der Waals surface area contributed by atoms with E-state index in [1.165, 1.54) is 18.2 Å². The van der Waals surface area contributed by atoms with Crippen LogP contribution < -0.4 is 5.32 Å². The summed E-state index contributed by atoms with van der Waals surface area (Å²) in [5.74, 6) is -0.370. The van der Waals surface area contributed by atoms with Crippen LogP contribution in [-0.2, 0) is 6.18 Å². The van der Waals surface area contributed by atoms with Crippen molar-refractivity contribution in [3.8, 4) is 0 Å². The number of halogens is 3. The van der Waals surface area contributed by atoms with Gasteiger partial charge in [-0.3, -0.25) is 9.59 Å². The average molecular weight is 418 g/mol. The van der Waals surface area contributed by atoms with E-state index >= 15 is 0 Å². The van der Waals surface area contributed by atoms with Gasteiger partial charge >= 0.3 is 6.18 Å². The van der Waals surface area contributed by atoms with Crippen molar-refractivity contribution in [2.24, 2.45) is 5.92 Å². The fraction of sp³-hybridized carbons (Fsp3) is 0.391. The summed E-state index contributed by atoms with van der Waals surface area (Å²) in [6.45, 7) is 3.56. The monoisotopic (exact) mass is 418 g/mol. The van der Waals surface area contributed by atoms with E-state index in [9.17, 15) is 22.8 Å². The van der Waals surface area contributed by atoms with Crippen molar-refractivity contribution < 1.29 is 22.8 Å². The number of carbonyl (C=O) groups is 2. The van der Waals surface area contributed by atoms with Gasteiger partial charge in [-0.15, -0.1) is 0 Å². The van der Waals surface area contributed by atoms with Crippen molar-refractivity contribution in [3.63, 3.8) is 0 Å². The quantitative estimate of drug-likeness (QED) is 0.766. The Morgan fingerprint density at radius 1 is 1.03 bits per heavy atom. The maximum atomic E-state index is 13.1. The lowest BCUT2D eigenvalue weighted by molar-refractivity contribution is -0.137. The molecule has 1 aliphatic heterocycles. The third-order valence-corrected chi connectivity index (χ3v) is 5.52. The predicted octanol–water partition coefficient (Wildman–Crippen LogP) is 4.69. The zero-order chi connectivity index (χ0) is 21.7. The van der Waals surface area contributed by atoms with Crippen LogP contribution in [-0.4, -0.2) is 36.3 Å². The molecule has 2 amide bonds. The first kappa shape index (κ1) is 21.9. The molecule has 0 unspecified atom stereocenters. The molecule has 0 radical (unpaired) electrons. The lowest BCUT2D eigenvalue weighted by Gasteiger charge is -2.32. The van der Waals surface area contributed by atoms with Gasteiger partial charge in [-0.1, -0.05) is 29.8 Å². The van der Waals surface area contributed by atoms with Crippen LogP contribution in [0.4, 0.5) is 13.2 Å². The molecule has 1 heterocycles. The van der Waals surface area contributed by atoms with Crippen molar-refractivity contribution in [2.75, 3.05) is 19.6 Å². The van der Waals surface area contributed by atoms with Gasteiger partial charge in [0.1, 0.15) is 0 Å². The highest BCUT2D eigenvalue weighted by Crippen LogP contribution is 2.31. The van der Waals surface area contributed by atoms with Crippen LogP contribution in [0, 0.1) is 12.8 Å². The van der Waals surface area contributed by atoms with Gasteiger partial charge in [0.15, 0.2) is 0 Å². The topological polar surface area (TPSA) is 49.4 Å². The van der Waals surface area contributed by atoms with Crippen molar-refractivity contribution in [2.45, 2.75) is 32.4 Å². The molecule has 30 heavy (non-hydrogen) atoms. The van der Waals surface area contributed by atoms with E-state index in [-0.39, 0.29) is 11.5 Å². The van der Waals surface area contributed by atoms with Gasteiger partial charge in [0.2, 0.25) is 0 Å². The molecule has 1 fully saturated rings. The van der Waals surface area contributed by atoms with Crippen molar-refractivity contribution in [3.05, 3.63) is 70.8 Å². The Labute approximate surface area is 174 Å². The smallest absolute Gasteiger partial charge is 0.352 e. The van der Waals surface area contributed by atoms with Crippen LogP contribution in [0.1, 0.15) is 51.1 Å². The third-order valence-electron chi connectivity index (χ3n) is 5.52. The summed E-state index contributed by atoms with van der Waals surface area (Å²) in [4.78, 5) is 26.6. The first-order valence-electron chi connectivity index (χ1n) is 10.1. The fourth-order valence-electron chi connectivity index (χ4n) is 3.72. The predicted molar refractivity (Wildman–Crippen MR) is 108 cm³/mol. The summed E-state index contributed by atoms with van der Waals surface area (Å²) in [6.07, 6.45) is -2.27. The second-order valence-corrected chi connectivity index (χ2v) is 7.69. The van der Waals surface area contributed by atoms with Crippen LogP contribution in [0.15, 0.2) is 48.5 Å². The number of hydrogen-bond acceptors (Lipinski definition) is 2. The number of carbonyl (C=O) groups excluding carboxylic acids is 2. The van der Waals surface area contributed by atoms with Gasteiger partial charge in [-0.05, 0) is 56.4 Å². The Morgan fingerprint density at radius 3 is 2.30 bits per heavy atom. The number of piperidine rings is 1. The van der Waals surface area contributed by atoms with Crippen molar-refractivity contribution in [1.82, 2.24) is 10.2 Å². The molecule has 1 aliphatic rings. The normalized spacial score (nSPS) is 15.1. The SMILES string of the molecule is Cc1ccc(C(=O)N2CCC(CCNC(=O)c3ccccc3C(F)(F)F)CC2)cc1. The Balaban J connectivity index is 1.46. The van der Waals surface area contributed by atoms with Crippen LogP contribution in [0.3, 0.4) is 0 Å². The van der Waals surface area contributed by atoms with Gasteiger partial charge in [0.25, 0.3) is 11.8 Å². The maximum Gasteiger partial charge on any atom is 0.417 e. The number of rotatable bonds is 5. The molecule has 0 saturated carbocycles. The molecule has 3 rings (SSSR count). The Kier molecular flexibility index (Phi) is 6.80. The molecule has 4 nitrogen and oxygen atoms in total. The molecular formula is C23H25F3N2O2. The number of amides is 2. The molecule has 160 valence electrons. The molecule has 7 heteroatoms. The Hall–Kier alpha value is -2.83. The summed E-state index contributed by atoms with van der Waals surface area (Å²) in [6, 6.07) is 12.3. The molecule has 0 aromatic heterocycles. The highest BCUT2D eigenvalue weighted by Gasteiger charge is 2.34. The minimum absolute atomic E-state index is 0.0190. The maximum absolute atomic E-state index is 13.1. The molecule has 0 atom stereocenters. The summed E-state index contributed by atoms with van der Waals surface area (Å²) < 4.78 is 39.2. The summed E-state index contributed by atoms with van der Waals surface area (Å²) in [7, 11) is 0. The molecule has 1 saturated heterocycles. The second kappa shape index (κ2) is 9.32. The van der Waals surface area contributed by atoms with E-state index in [0.717, 1.165) is 24.5 Å². The molecule has 2 aromatic rings. The lowest BCUT2D eigenvalue weighted by atomic mass is 9.93. The highest BCUT2D eigenvalue weighted by atomic mass is 19.4. The average Bonchev–Trinajstić information content (AvgIpc) is 2.73. The molecule has 0 bridgehead atoms. The number of nitrogens with zero attached hydrogens (tertiary/aromatic N) is 1. The van der Waals surface area contributed by atoms with Gasteiger partial charge in [-0.2, -0.15) is 13.2 Å². The molecule has 0 aliphatic carbocycles. The lowest BCUT2D eigenvalue weighted by Crippen LogP contribution is -2.39. The number of aryl methyl sites for hydroxylation is 1. The number of hydrogen-bond donors (Lipinski definition) is 1. The summed E-state index contributed by atoms with van der Waals surface area (Å²) >= 11 is 0. The molecule has 2 aromatic carbocycles. The molecule has 1 N–H and O–H groups in total. The fourth-order valence-corrected chi connectivity index (χ4v) is 3.72. The summed E-state index contributed by atoms with van der Waals surface area (Å²) in [5.41, 5.74) is 0.494. The van der Waals surface area contributed by atoms with E-state index in [2.05, 4.69) is 5.32 Å². The standard InChI is InChI=1S/C23H25F3N2O2/c1-16-6-8-18(9-7-16)22(30)28-14-11-17(12-15-28)10-13-27-21(29)19-4-2-3-5-20(19)23(24,25)26/h2-9,17H,10-15H2,1H3,(H,27,29). The van der Waals surface area contributed by atoms with Crippen LogP contribution in [0.2, 0.25) is 0 Å². The van der Waals surface area contributed by atoms with Gasteiger partial charge in [-0.25, -0.2) is 0 Å². The number of likely N-dealkylation sites (tertiary alicyclic amines) is 1.